The second-order valence-corrected chi connectivity index (χ2v) is 8.58. The Morgan fingerprint density at radius 1 is 0.935 bits per heavy atom. The predicted molar refractivity (Wildman–Crippen MR) is 127 cm³/mol. The van der Waals surface area contributed by atoms with Crippen molar-refractivity contribution < 1.29 is 9.78 Å². The minimum absolute atomic E-state index is 0.0747. The molecule has 0 aliphatic carbocycles. The van der Waals surface area contributed by atoms with Gasteiger partial charge >= 0.3 is 0 Å². The first-order chi connectivity index (χ1) is 15.0. The van der Waals surface area contributed by atoms with Crippen molar-refractivity contribution in [2.75, 3.05) is 0 Å². The molecule has 2 N–H and O–H groups in total. The summed E-state index contributed by atoms with van der Waals surface area (Å²) in [7, 11) is 0. The van der Waals surface area contributed by atoms with Crippen LogP contribution >= 0.6 is 23.2 Å². The maximum Gasteiger partial charge on any atom is 0.252 e. The summed E-state index contributed by atoms with van der Waals surface area (Å²) in [5, 5.41) is 6.55. The van der Waals surface area contributed by atoms with Gasteiger partial charge in [-0.25, -0.2) is 4.98 Å². The summed E-state index contributed by atoms with van der Waals surface area (Å²) in [6, 6.07) is 23.3. The summed E-state index contributed by atoms with van der Waals surface area (Å²) in [6.07, 6.45) is 4.50. The smallest absolute Gasteiger partial charge is 0.252 e. The highest BCUT2D eigenvalue weighted by atomic mass is 35.5. The fourth-order valence-corrected chi connectivity index (χ4v) is 4.17. The SMILES string of the molecule is C[C@@H](NC(=O)c1cccc2c[nH+]ccc12)[C@H](Cc1ccc(Cl)cc1)c1ccc(Cl)cc1. The number of carbonyl (C=O) groups is 1. The Kier molecular flexibility index (Phi) is 6.55. The number of aromatic nitrogens is 1. The average Bonchev–Trinajstić information content (AvgIpc) is 2.79. The second kappa shape index (κ2) is 9.51. The zero-order valence-electron chi connectivity index (χ0n) is 17.1. The molecule has 0 unspecified atom stereocenters. The molecule has 3 aromatic carbocycles. The van der Waals surface area contributed by atoms with Crippen LogP contribution in [-0.4, -0.2) is 11.9 Å². The van der Waals surface area contributed by atoms with Crippen LogP contribution in [0.3, 0.4) is 0 Å². The summed E-state index contributed by atoms with van der Waals surface area (Å²) in [5.74, 6) is -0.00919. The summed E-state index contributed by atoms with van der Waals surface area (Å²) >= 11 is 12.2. The van der Waals surface area contributed by atoms with E-state index in [2.05, 4.69) is 10.3 Å². The highest BCUT2D eigenvalue weighted by molar-refractivity contribution is 6.30. The molecule has 4 aromatic rings. The van der Waals surface area contributed by atoms with Gasteiger partial charge in [-0.15, -0.1) is 0 Å². The van der Waals surface area contributed by atoms with E-state index in [0.717, 1.165) is 28.3 Å². The number of carbonyl (C=O) groups excluding carboxylic acids is 1. The van der Waals surface area contributed by atoms with Crippen molar-refractivity contribution in [1.29, 1.82) is 0 Å². The van der Waals surface area contributed by atoms with Gasteiger partial charge in [0, 0.05) is 44.4 Å². The number of pyridine rings is 1. The fraction of sp³-hybridized carbons (Fsp3) is 0.154. The Balaban J connectivity index is 1.61. The van der Waals surface area contributed by atoms with Crippen LogP contribution in [-0.2, 0) is 6.42 Å². The van der Waals surface area contributed by atoms with E-state index < -0.39 is 0 Å². The van der Waals surface area contributed by atoms with Crippen molar-refractivity contribution in [1.82, 2.24) is 5.32 Å². The molecule has 5 heteroatoms. The second-order valence-electron chi connectivity index (χ2n) is 7.70. The number of H-pyrrole nitrogens is 1. The van der Waals surface area contributed by atoms with Gasteiger partial charge in [-0.1, -0.05) is 53.5 Å². The Labute approximate surface area is 192 Å². The third-order valence-corrected chi connectivity index (χ3v) is 6.10. The van der Waals surface area contributed by atoms with Crippen LogP contribution in [0.1, 0.15) is 34.3 Å². The minimum atomic E-state index is -0.102. The van der Waals surface area contributed by atoms with Crippen molar-refractivity contribution in [3.8, 4) is 0 Å². The van der Waals surface area contributed by atoms with E-state index in [-0.39, 0.29) is 17.9 Å². The largest absolute Gasteiger partial charge is 0.349 e. The van der Waals surface area contributed by atoms with E-state index in [1.807, 2.05) is 92.1 Å². The topological polar surface area (TPSA) is 43.2 Å². The molecule has 0 spiro atoms. The Bertz CT molecular complexity index is 1180. The molecule has 0 fully saturated rings. The molecule has 0 saturated heterocycles. The molecule has 0 aliphatic rings. The molecule has 2 atom stereocenters. The third-order valence-electron chi connectivity index (χ3n) is 5.60. The molecule has 0 bridgehead atoms. The Morgan fingerprint density at radius 2 is 1.61 bits per heavy atom. The van der Waals surface area contributed by atoms with Gasteiger partial charge in [-0.05, 0) is 60.9 Å². The molecule has 31 heavy (non-hydrogen) atoms. The van der Waals surface area contributed by atoms with Crippen LogP contribution in [0.25, 0.3) is 10.8 Å². The summed E-state index contributed by atoms with van der Waals surface area (Å²) in [5.41, 5.74) is 2.95. The number of aromatic amines is 1. The fourth-order valence-electron chi connectivity index (χ4n) is 3.92. The van der Waals surface area contributed by atoms with Gasteiger partial charge in [0.05, 0.1) is 0 Å². The molecule has 0 saturated carbocycles. The third kappa shape index (κ3) is 5.07. The number of benzene rings is 3. The van der Waals surface area contributed by atoms with Crippen LogP contribution < -0.4 is 10.3 Å². The lowest BCUT2D eigenvalue weighted by molar-refractivity contribution is -0.375. The average molecular weight is 450 g/mol. The first kappa shape index (κ1) is 21.4. The first-order valence-corrected chi connectivity index (χ1v) is 11.0. The van der Waals surface area contributed by atoms with E-state index in [0.29, 0.717) is 15.6 Å². The molecule has 1 heterocycles. The van der Waals surface area contributed by atoms with Gasteiger partial charge in [-0.3, -0.25) is 4.79 Å². The number of fused-ring (bicyclic) bond motifs is 1. The number of nitrogens with one attached hydrogen (secondary N) is 2. The zero-order valence-corrected chi connectivity index (χ0v) is 18.6. The van der Waals surface area contributed by atoms with Crippen LogP contribution in [0.15, 0.2) is 85.2 Å². The van der Waals surface area contributed by atoms with Crippen molar-refractivity contribution in [3.63, 3.8) is 0 Å². The molecular weight excluding hydrogens is 427 g/mol. The molecule has 3 nitrogen and oxygen atoms in total. The van der Waals surface area contributed by atoms with Crippen LogP contribution in [0.5, 0.6) is 0 Å². The van der Waals surface area contributed by atoms with Gasteiger partial charge in [0.15, 0.2) is 12.4 Å². The quantitative estimate of drug-likeness (QED) is 0.379. The maximum absolute atomic E-state index is 13.2. The van der Waals surface area contributed by atoms with Gasteiger partial charge < -0.3 is 5.32 Å². The van der Waals surface area contributed by atoms with Crippen molar-refractivity contribution in [2.24, 2.45) is 0 Å². The maximum atomic E-state index is 13.2. The van der Waals surface area contributed by atoms with Crippen LogP contribution in [0.2, 0.25) is 10.0 Å². The van der Waals surface area contributed by atoms with E-state index in [1.165, 1.54) is 0 Å². The predicted octanol–water partition coefficient (Wildman–Crippen LogP) is 6.11. The van der Waals surface area contributed by atoms with Crippen molar-refractivity contribution in [2.45, 2.75) is 25.3 Å². The Hall–Kier alpha value is -2.88. The van der Waals surface area contributed by atoms with E-state index in [1.54, 1.807) is 0 Å². The highest BCUT2D eigenvalue weighted by Crippen LogP contribution is 2.27. The van der Waals surface area contributed by atoms with E-state index >= 15 is 0 Å². The lowest BCUT2D eigenvalue weighted by Gasteiger charge is -2.26. The zero-order chi connectivity index (χ0) is 21.8. The lowest BCUT2D eigenvalue weighted by Crippen LogP contribution is -2.38. The molecule has 0 radical (unpaired) electrons. The van der Waals surface area contributed by atoms with Crippen LogP contribution in [0, 0.1) is 0 Å². The molecule has 0 aliphatic heterocycles. The first-order valence-electron chi connectivity index (χ1n) is 10.2. The number of hydrogen-bond donors (Lipinski definition) is 1. The lowest BCUT2D eigenvalue weighted by atomic mass is 9.86. The normalized spacial score (nSPS) is 13.0. The van der Waals surface area contributed by atoms with Crippen LogP contribution in [0.4, 0.5) is 0 Å². The summed E-state index contributed by atoms with van der Waals surface area (Å²) in [4.78, 5) is 16.3. The van der Waals surface area contributed by atoms with Gasteiger partial charge in [0.25, 0.3) is 5.91 Å². The highest BCUT2D eigenvalue weighted by Gasteiger charge is 2.23. The summed E-state index contributed by atoms with van der Waals surface area (Å²) < 4.78 is 0. The molecule has 1 amide bonds. The van der Waals surface area contributed by atoms with Crippen molar-refractivity contribution in [3.05, 3.63) is 112 Å². The molecule has 1 aromatic heterocycles. The van der Waals surface area contributed by atoms with Gasteiger partial charge in [0.1, 0.15) is 0 Å². The summed E-state index contributed by atoms with van der Waals surface area (Å²) in [6.45, 7) is 2.05. The van der Waals surface area contributed by atoms with E-state index in [4.69, 9.17) is 23.2 Å². The number of hydrogen-bond acceptors (Lipinski definition) is 1. The monoisotopic (exact) mass is 449 g/mol. The number of rotatable bonds is 6. The molecular formula is C26H23Cl2N2O+. The van der Waals surface area contributed by atoms with E-state index in [9.17, 15) is 4.79 Å². The van der Waals surface area contributed by atoms with Crippen molar-refractivity contribution >= 4 is 39.9 Å². The van der Waals surface area contributed by atoms with Gasteiger partial charge in [0.2, 0.25) is 0 Å². The number of amides is 1. The molecule has 4 rings (SSSR count). The Morgan fingerprint density at radius 3 is 2.32 bits per heavy atom. The number of halogens is 2. The van der Waals surface area contributed by atoms with Gasteiger partial charge in [-0.2, -0.15) is 0 Å². The standard InChI is InChI=1S/C26H22Cl2N2O/c1-17(30-26(31)24-4-2-3-20-16-29-14-13-23(20)24)25(19-7-11-22(28)12-8-19)15-18-5-9-21(27)10-6-18/h2-14,16-17,25H,15H2,1H3,(H,30,31)/p+1/t17-,25+/m1/s1. The minimum Gasteiger partial charge on any atom is -0.349 e. The molecule has 156 valence electrons.